The van der Waals surface area contributed by atoms with Gasteiger partial charge in [0.05, 0.1) is 37.9 Å². The van der Waals surface area contributed by atoms with E-state index in [2.05, 4.69) is 5.32 Å². The van der Waals surface area contributed by atoms with Gasteiger partial charge in [0, 0.05) is 6.42 Å². The molecule has 9 heteroatoms. The van der Waals surface area contributed by atoms with Gasteiger partial charge >= 0.3 is 0 Å². The van der Waals surface area contributed by atoms with Crippen molar-refractivity contribution >= 4 is 52.7 Å². The summed E-state index contributed by atoms with van der Waals surface area (Å²) in [6, 6.07) is 2.47. The number of halogens is 3. The molecule has 6 nitrogen and oxygen atoms in total. The van der Waals surface area contributed by atoms with E-state index < -0.39 is 11.9 Å². The third kappa shape index (κ3) is 3.63. The Morgan fingerprint density at radius 2 is 1.76 bits per heavy atom. The molecule has 0 unspecified atom stereocenters. The SMILES string of the molecule is N#Cc1c(Cl)c(Cl)c(NC(=O)C[C@H](N)C=O)c(C#N)c1Cl. The number of hydrogen-bond donors (Lipinski definition) is 2. The van der Waals surface area contributed by atoms with Crippen LogP contribution in [-0.2, 0) is 9.59 Å². The molecule has 0 aromatic heterocycles. The van der Waals surface area contributed by atoms with E-state index in [9.17, 15) is 9.59 Å². The highest BCUT2D eigenvalue weighted by Gasteiger charge is 2.23. The summed E-state index contributed by atoms with van der Waals surface area (Å²) in [6.45, 7) is 0. The van der Waals surface area contributed by atoms with Crippen molar-refractivity contribution in [1.82, 2.24) is 0 Å². The van der Waals surface area contributed by atoms with Gasteiger partial charge in [0.1, 0.15) is 18.4 Å². The van der Waals surface area contributed by atoms with Gasteiger partial charge in [-0.1, -0.05) is 34.8 Å². The third-order valence-corrected chi connectivity index (χ3v) is 3.64. The molecule has 3 N–H and O–H groups in total. The Balaban J connectivity index is 3.32. The number of rotatable bonds is 4. The monoisotopic (exact) mass is 344 g/mol. The fraction of sp³-hybridized carbons (Fsp3) is 0.167. The normalized spacial score (nSPS) is 11.1. The minimum absolute atomic E-state index is 0.128. The first-order valence-corrected chi connectivity index (χ1v) is 6.52. The van der Waals surface area contributed by atoms with Gasteiger partial charge in [-0.3, -0.25) is 4.79 Å². The van der Waals surface area contributed by atoms with Crippen molar-refractivity contribution in [2.45, 2.75) is 12.5 Å². The van der Waals surface area contributed by atoms with E-state index in [0.29, 0.717) is 6.29 Å². The molecule has 1 atom stereocenters. The Labute approximate surface area is 135 Å². The maximum atomic E-state index is 11.7. The molecule has 0 spiro atoms. The number of nitrogens with one attached hydrogen (secondary N) is 1. The van der Waals surface area contributed by atoms with E-state index in [4.69, 9.17) is 51.1 Å². The predicted octanol–water partition coefficient (Wildman–Crippen LogP) is 2.24. The summed E-state index contributed by atoms with van der Waals surface area (Å²) in [6.07, 6.45) is 0.102. The van der Waals surface area contributed by atoms with Gasteiger partial charge in [-0.15, -0.1) is 0 Å². The van der Waals surface area contributed by atoms with Gasteiger partial charge in [-0.05, 0) is 0 Å². The van der Waals surface area contributed by atoms with Crippen LogP contribution in [0.25, 0.3) is 0 Å². The zero-order chi connectivity index (χ0) is 16.2. The van der Waals surface area contributed by atoms with Gasteiger partial charge < -0.3 is 15.8 Å². The molecule has 0 aliphatic heterocycles. The van der Waals surface area contributed by atoms with Gasteiger partial charge in [-0.25, -0.2) is 0 Å². The molecule has 0 fully saturated rings. The lowest BCUT2D eigenvalue weighted by Gasteiger charge is -2.13. The molecule has 0 aliphatic rings. The lowest BCUT2D eigenvalue weighted by Crippen LogP contribution is -2.28. The maximum Gasteiger partial charge on any atom is 0.226 e. The lowest BCUT2D eigenvalue weighted by atomic mass is 10.1. The molecule has 0 aliphatic carbocycles. The summed E-state index contributed by atoms with van der Waals surface area (Å²) < 4.78 is 0. The predicted molar refractivity (Wildman–Crippen MR) is 78.2 cm³/mol. The minimum Gasteiger partial charge on any atom is -0.324 e. The second kappa shape index (κ2) is 7.26. The molecule has 21 heavy (non-hydrogen) atoms. The topological polar surface area (TPSA) is 120 Å². The zero-order valence-electron chi connectivity index (χ0n) is 10.3. The van der Waals surface area contributed by atoms with Crippen LogP contribution < -0.4 is 11.1 Å². The van der Waals surface area contributed by atoms with E-state index in [1.807, 2.05) is 0 Å². The number of carbonyl (C=O) groups excluding carboxylic acids is 2. The Morgan fingerprint density at radius 1 is 1.19 bits per heavy atom. The number of nitriles is 2. The van der Waals surface area contributed by atoms with Crippen LogP contribution in [0.4, 0.5) is 5.69 Å². The van der Waals surface area contributed by atoms with Crippen molar-refractivity contribution in [2.24, 2.45) is 5.73 Å². The highest BCUT2D eigenvalue weighted by molar-refractivity contribution is 6.47. The highest BCUT2D eigenvalue weighted by Crippen LogP contribution is 2.41. The van der Waals surface area contributed by atoms with Crippen molar-refractivity contribution in [1.29, 1.82) is 10.5 Å². The van der Waals surface area contributed by atoms with Crippen LogP contribution in [0.3, 0.4) is 0 Å². The minimum atomic E-state index is -0.987. The molecule has 0 bridgehead atoms. The number of benzene rings is 1. The summed E-state index contributed by atoms with van der Waals surface area (Å²) in [5.74, 6) is -0.648. The first-order valence-electron chi connectivity index (χ1n) is 5.38. The van der Waals surface area contributed by atoms with Crippen LogP contribution in [0, 0.1) is 22.7 Å². The first-order chi connectivity index (χ1) is 9.87. The van der Waals surface area contributed by atoms with Crippen molar-refractivity contribution < 1.29 is 9.59 Å². The first kappa shape index (κ1) is 17.2. The Bertz CT molecular complexity index is 691. The number of carbonyl (C=O) groups is 2. The highest BCUT2D eigenvalue weighted by atomic mass is 35.5. The van der Waals surface area contributed by atoms with Crippen LogP contribution in [0.1, 0.15) is 17.5 Å². The standard InChI is InChI=1S/C12H7Cl3N4O2/c13-9-6(2-16)10(14)11(15)12(7(9)3-17)19-8(21)1-5(18)4-20/h4-5H,1,18H2,(H,19,21)/t5-/m0/s1. The number of hydrogen-bond acceptors (Lipinski definition) is 5. The second-order valence-corrected chi connectivity index (χ2v) is 4.98. The van der Waals surface area contributed by atoms with Gasteiger partial charge in [0.15, 0.2) is 0 Å². The molecule has 1 aromatic rings. The molecule has 0 saturated carbocycles. The number of nitrogens with zero attached hydrogens (tertiary/aromatic N) is 2. The largest absolute Gasteiger partial charge is 0.324 e. The van der Waals surface area contributed by atoms with Crippen LogP contribution >= 0.6 is 34.8 Å². The maximum absolute atomic E-state index is 11.7. The molecular weight excluding hydrogens is 339 g/mol. The summed E-state index contributed by atoms with van der Waals surface area (Å²) in [4.78, 5) is 22.1. The van der Waals surface area contributed by atoms with Gasteiger partial charge in [-0.2, -0.15) is 10.5 Å². The van der Waals surface area contributed by atoms with E-state index in [1.165, 1.54) is 0 Å². The number of nitrogens with two attached hydrogens (primary N) is 1. The van der Waals surface area contributed by atoms with Gasteiger partial charge in [0.25, 0.3) is 0 Å². The lowest BCUT2D eigenvalue weighted by molar-refractivity contribution is -0.118. The van der Waals surface area contributed by atoms with Crippen molar-refractivity contribution in [3.8, 4) is 12.1 Å². The van der Waals surface area contributed by atoms with Crippen LogP contribution in [0.5, 0.6) is 0 Å². The fourth-order valence-electron chi connectivity index (χ4n) is 1.43. The smallest absolute Gasteiger partial charge is 0.226 e. The Hall–Kier alpha value is -1.83. The quantitative estimate of drug-likeness (QED) is 0.640. The fourth-order valence-corrected chi connectivity index (χ4v) is 2.22. The number of aldehydes is 1. The number of amides is 1. The third-order valence-electron chi connectivity index (χ3n) is 2.40. The second-order valence-electron chi connectivity index (χ2n) is 3.84. The molecule has 108 valence electrons. The molecular formula is C12H7Cl3N4O2. The van der Waals surface area contributed by atoms with Crippen molar-refractivity contribution in [3.05, 3.63) is 26.2 Å². The van der Waals surface area contributed by atoms with E-state index in [-0.39, 0.29) is 38.3 Å². The van der Waals surface area contributed by atoms with Gasteiger partial charge in [0.2, 0.25) is 5.91 Å². The molecule has 1 rings (SSSR count). The van der Waals surface area contributed by atoms with Crippen LogP contribution in [0.2, 0.25) is 15.1 Å². The van der Waals surface area contributed by atoms with Crippen LogP contribution in [-0.4, -0.2) is 18.2 Å². The summed E-state index contributed by atoms with van der Waals surface area (Å²) >= 11 is 17.7. The van der Waals surface area contributed by atoms with E-state index in [0.717, 1.165) is 0 Å². The average molecular weight is 346 g/mol. The average Bonchev–Trinajstić information content (AvgIpc) is 2.45. The molecule has 0 heterocycles. The van der Waals surface area contributed by atoms with Crippen molar-refractivity contribution in [3.63, 3.8) is 0 Å². The molecule has 0 radical (unpaired) electrons. The van der Waals surface area contributed by atoms with Crippen LogP contribution in [0.15, 0.2) is 0 Å². The zero-order valence-corrected chi connectivity index (χ0v) is 12.6. The summed E-state index contributed by atoms with van der Waals surface area (Å²) in [5, 5.41) is 19.8. The summed E-state index contributed by atoms with van der Waals surface area (Å²) in [5.41, 5.74) is 4.83. The van der Waals surface area contributed by atoms with E-state index in [1.54, 1.807) is 12.1 Å². The van der Waals surface area contributed by atoms with E-state index >= 15 is 0 Å². The Morgan fingerprint density at radius 3 is 2.24 bits per heavy atom. The summed E-state index contributed by atoms with van der Waals surface area (Å²) in [7, 11) is 0. The molecule has 0 saturated heterocycles. The molecule has 1 aromatic carbocycles. The Kier molecular flexibility index (Phi) is 5.95. The number of anilines is 1. The molecule has 1 amide bonds. The van der Waals surface area contributed by atoms with Crippen molar-refractivity contribution in [2.75, 3.05) is 5.32 Å².